The normalized spacial score (nSPS) is 13.3. The molecule has 0 aliphatic carbocycles. The summed E-state index contributed by atoms with van der Waals surface area (Å²) >= 11 is 0. The Morgan fingerprint density at radius 1 is 1.19 bits per heavy atom. The first kappa shape index (κ1) is 18.9. The number of benzene rings is 1. The van der Waals surface area contributed by atoms with E-state index < -0.39 is 0 Å². The van der Waals surface area contributed by atoms with Crippen LogP contribution in [0.4, 0.5) is 0 Å². The molecule has 2 aromatic heterocycles. The molecule has 6 heteroatoms. The number of aromatic nitrogens is 3. The van der Waals surface area contributed by atoms with Crippen molar-refractivity contribution in [2.75, 3.05) is 0 Å². The smallest absolute Gasteiger partial charge is 0.220 e. The molecule has 0 fully saturated rings. The van der Waals surface area contributed by atoms with Crippen molar-refractivity contribution in [2.45, 2.75) is 52.1 Å². The van der Waals surface area contributed by atoms with Crippen molar-refractivity contribution in [1.82, 2.24) is 20.1 Å². The highest BCUT2D eigenvalue weighted by Crippen LogP contribution is 2.24. The molecule has 3 rings (SSSR count). The Hall–Kier alpha value is -2.89. The number of rotatable bonds is 8. The predicted octanol–water partition coefficient (Wildman–Crippen LogP) is 3.60. The minimum absolute atomic E-state index is 0.00753. The van der Waals surface area contributed by atoms with Gasteiger partial charge in [-0.2, -0.15) is 5.10 Å². The average Bonchev–Trinajstić information content (AvgIpc) is 3.33. The van der Waals surface area contributed by atoms with E-state index in [4.69, 9.17) is 4.42 Å². The SMILES string of the molecule is CC[C@H](NC(=O)CCc1ccc(C)o1)[C@@H](c1ccc(C)cc1)n1cncn1. The van der Waals surface area contributed by atoms with Gasteiger partial charge in [-0.1, -0.05) is 36.8 Å². The molecule has 0 radical (unpaired) electrons. The first-order valence-electron chi connectivity index (χ1n) is 9.32. The van der Waals surface area contributed by atoms with E-state index >= 15 is 0 Å². The zero-order valence-electron chi connectivity index (χ0n) is 16.1. The Morgan fingerprint density at radius 3 is 2.56 bits per heavy atom. The van der Waals surface area contributed by atoms with Gasteiger partial charge in [0.05, 0.1) is 12.1 Å². The van der Waals surface area contributed by atoms with Gasteiger partial charge in [0.2, 0.25) is 5.91 Å². The number of carbonyl (C=O) groups excluding carboxylic acids is 1. The molecule has 1 aromatic carbocycles. The van der Waals surface area contributed by atoms with Crippen molar-refractivity contribution in [1.29, 1.82) is 0 Å². The monoisotopic (exact) mass is 366 g/mol. The van der Waals surface area contributed by atoms with Gasteiger partial charge in [-0.25, -0.2) is 9.67 Å². The summed E-state index contributed by atoms with van der Waals surface area (Å²) in [5, 5.41) is 7.50. The summed E-state index contributed by atoms with van der Waals surface area (Å²) in [5.74, 6) is 1.71. The molecule has 27 heavy (non-hydrogen) atoms. The van der Waals surface area contributed by atoms with Crippen molar-refractivity contribution in [2.24, 2.45) is 0 Å². The summed E-state index contributed by atoms with van der Waals surface area (Å²) in [4.78, 5) is 16.6. The van der Waals surface area contributed by atoms with Gasteiger partial charge in [0.15, 0.2) is 0 Å². The lowest BCUT2D eigenvalue weighted by Crippen LogP contribution is -2.41. The second-order valence-electron chi connectivity index (χ2n) is 6.83. The lowest BCUT2D eigenvalue weighted by molar-refractivity contribution is -0.122. The van der Waals surface area contributed by atoms with Gasteiger partial charge in [-0.05, 0) is 38.0 Å². The minimum Gasteiger partial charge on any atom is -0.466 e. The fraction of sp³-hybridized carbons (Fsp3) is 0.381. The van der Waals surface area contributed by atoms with Crippen LogP contribution in [0.1, 0.15) is 48.5 Å². The van der Waals surface area contributed by atoms with Crippen LogP contribution in [0.5, 0.6) is 0 Å². The van der Waals surface area contributed by atoms with E-state index in [1.807, 2.05) is 23.7 Å². The maximum Gasteiger partial charge on any atom is 0.220 e. The van der Waals surface area contributed by atoms with E-state index in [2.05, 4.69) is 53.5 Å². The third kappa shape index (κ3) is 4.84. The van der Waals surface area contributed by atoms with E-state index in [9.17, 15) is 4.79 Å². The van der Waals surface area contributed by atoms with Crippen LogP contribution in [0.15, 0.2) is 53.5 Å². The highest BCUT2D eigenvalue weighted by molar-refractivity contribution is 5.76. The van der Waals surface area contributed by atoms with Crippen LogP contribution in [0, 0.1) is 13.8 Å². The number of furan rings is 1. The van der Waals surface area contributed by atoms with Crippen LogP contribution in [-0.4, -0.2) is 26.7 Å². The van der Waals surface area contributed by atoms with Gasteiger partial charge < -0.3 is 9.73 Å². The van der Waals surface area contributed by atoms with E-state index in [-0.39, 0.29) is 18.0 Å². The third-order valence-corrected chi connectivity index (χ3v) is 4.70. The van der Waals surface area contributed by atoms with Crippen LogP contribution in [0.2, 0.25) is 0 Å². The zero-order chi connectivity index (χ0) is 19.2. The minimum atomic E-state index is -0.104. The average molecular weight is 366 g/mol. The maximum atomic E-state index is 12.6. The number of nitrogens with one attached hydrogen (secondary N) is 1. The van der Waals surface area contributed by atoms with Gasteiger partial charge in [0.25, 0.3) is 0 Å². The summed E-state index contributed by atoms with van der Waals surface area (Å²) in [7, 11) is 0. The molecule has 0 saturated heterocycles. The molecule has 1 amide bonds. The molecular formula is C21H26N4O2. The Kier molecular flexibility index (Phi) is 6.06. The molecule has 3 aromatic rings. The molecule has 2 heterocycles. The number of hydrogen-bond acceptors (Lipinski definition) is 4. The van der Waals surface area contributed by atoms with E-state index in [0.29, 0.717) is 12.8 Å². The van der Waals surface area contributed by atoms with Crippen molar-refractivity contribution in [3.05, 3.63) is 71.7 Å². The Labute approximate surface area is 159 Å². The fourth-order valence-electron chi connectivity index (χ4n) is 3.23. The van der Waals surface area contributed by atoms with Gasteiger partial charge in [0, 0.05) is 12.8 Å². The lowest BCUT2D eigenvalue weighted by Gasteiger charge is -2.28. The highest BCUT2D eigenvalue weighted by Gasteiger charge is 2.26. The van der Waals surface area contributed by atoms with Crippen molar-refractivity contribution in [3.8, 4) is 0 Å². The van der Waals surface area contributed by atoms with E-state index in [1.54, 1.807) is 6.33 Å². The van der Waals surface area contributed by atoms with Crippen LogP contribution in [-0.2, 0) is 11.2 Å². The van der Waals surface area contributed by atoms with Crippen molar-refractivity contribution in [3.63, 3.8) is 0 Å². The Balaban J connectivity index is 1.73. The first-order chi connectivity index (χ1) is 13.1. The molecule has 142 valence electrons. The van der Waals surface area contributed by atoms with Crippen LogP contribution in [0.25, 0.3) is 0 Å². The summed E-state index contributed by atoms with van der Waals surface area (Å²) in [6, 6.07) is 12.0. The molecule has 0 aliphatic heterocycles. The molecule has 0 bridgehead atoms. The van der Waals surface area contributed by atoms with Crippen molar-refractivity contribution >= 4 is 5.91 Å². The van der Waals surface area contributed by atoms with Crippen LogP contribution < -0.4 is 5.32 Å². The summed E-state index contributed by atoms with van der Waals surface area (Å²) < 4.78 is 7.36. The molecule has 0 aliphatic rings. The number of amides is 1. The number of nitrogens with zero attached hydrogens (tertiary/aromatic N) is 3. The fourth-order valence-corrected chi connectivity index (χ4v) is 3.23. The van der Waals surface area contributed by atoms with Crippen LogP contribution in [0.3, 0.4) is 0 Å². The largest absolute Gasteiger partial charge is 0.466 e. The highest BCUT2D eigenvalue weighted by atomic mass is 16.3. The third-order valence-electron chi connectivity index (χ3n) is 4.70. The molecule has 1 N–H and O–H groups in total. The second kappa shape index (κ2) is 8.66. The lowest BCUT2D eigenvalue weighted by atomic mass is 9.96. The van der Waals surface area contributed by atoms with Gasteiger partial charge in [-0.15, -0.1) is 0 Å². The molecule has 2 atom stereocenters. The van der Waals surface area contributed by atoms with Gasteiger partial charge in [0.1, 0.15) is 24.2 Å². The molecular weight excluding hydrogens is 340 g/mol. The standard InChI is InChI=1S/C21H26N4O2/c1-4-19(24-20(26)12-11-18-10-7-16(3)27-18)21(25-14-22-13-23-25)17-8-5-15(2)6-9-17/h5-10,13-14,19,21H,4,11-12H2,1-3H3,(H,24,26)/t19-,21+/m0/s1. The second-order valence-corrected chi connectivity index (χ2v) is 6.83. The number of carbonyl (C=O) groups is 1. The van der Waals surface area contributed by atoms with Gasteiger partial charge in [-0.3, -0.25) is 4.79 Å². The molecule has 6 nitrogen and oxygen atoms in total. The summed E-state index contributed by atoms with van der Waals surface area (Å²) in [5.41, 5.74) is 2.29. The molecule has 0 saturated carbocycles. The number of hydrogen-bond donors (Lipinski definition) is 1. The summed E-state index contributed by atoms with van der Waals surface area (Å²) in [6.45, 7) is 6.03. The first-order valence-corrected chi connectivity index (χ1v) is 9.32. The predicted molar refractivity (Wildman–Crippen MR) is 103 cm³/mol. The van der Waals surface area contributed by atoms with E-state index in [1.165, 1.54) is 11.9 Å². The maximum absolute atomic E-state index is 12.6. The van der Waals surface area contributed by atoms with Gasteiger partial charge >= 0.3 is 0 Å². The van der Waals surface area contributed by atoms with E-state index in [0.717, 1.165) is 23.5 Å². The van der Waals surface area contributed by atoms with Crippen LogP contribution >= 0.6 is 0 Å². The number of aryl methyl sites for hydroxylation is 3. The zero-order valence-corrected chi connectivity index (χ0v) is 16.1. The summed E-state index contributed by atoms with van der Waals surface area (Å²) in [6.07, 6.45) is 4.99. The topological polar surface area (TPSA) is 73.0 Å². The molecule has 0 spiro atoms. The Morgan fingerprint density at radius 2 is 1.96 bits per heavy atom. The quantitative estimate of drug-likeness (QED) is 0.661. The van der Waals surface area contributed by atoms with Crippen molar-refractivity contribution < 1.29 is 9.21 Å². The Bertz CT molecular complexity index is 853. The molecule has 0 unspecified atom stereocenters.